The Balaban J connectivity index is 1.27. The predicted molar refractivity (Wildman–Crippen MR) is 152 cm³/mol. The maximum atomic E-state index is 15.3. The third kappa shape index (κ3) is 7.69. The van der Waals surface area contributed by atoms with Crippen LogP contribution in [0.1, 0.15) is 112 Å². The number of ether oxygens (including phenoxy) is 2. The third-order valence-electron chi connectivity index (χ3n) is 8.92. The molecule has 0 aromatic heterocycles. The Bertz CT molecular complexity index is 1100. The zero-order chi connectivity index (χ0) is 28.5. The van der Waals surface area contributed by atoms with Gasteiger partial charge in [-0.25, -0.2) is 13.2 Å². The summed E-state index contributed by atoms with van der Waals surface area (Å²) < 4.78 is 70.7. The molecule has 0 aliphatic heterocycles. The Morgan fingerprint density at radius 1 is 0.775 bits per heavy atom. The van der Waals surface area contributed by atoms with E-state index in [1.54, 1.807) is 18.2 Å². The molecule has 0 bridgehead atoms. The van der Waals surface area contributed by atoms with E-state index in [4.69, 9.17) is 9.47 Å². The van der Waals surface area contributed by atoms with E-state index < -0.39 is 23.3 Å². The molecule has 0 saturated heterocycles. The highest BCUT2D eigenvalue weighted by Gasteiger charge is 2.30. The number of aryl methyl sites for hydroxylation is 1. The molecule has 0 atom stereocenters. The molecule has 0 spiro atoms. The van der Waals surface area contributed by atoms with Gasteiger partial charge in [-0.05, 0) is 118 Å². The highest BCUT2D eigenvalue weighted by molar-refractivity contribution is 5.33. The van der Waals surface area contributed by atoms with Crippen LogP contribution in [0.5, 0.6) is 5.75 Å². The van der Waals surface area contributed by atoms with Crippen molar-refractivity contribution in [2.75, 3.05) is 13.2 Å². The Kier molecular flexibility index (Phi) is 11.5. The number of benzene rings is 2. The molecule has 2 nitrogen and oxygen atoms in total. The summed E-state index contributed by atoms with van der Waals surface area (Å²) in [6, 6.07) is 6.70. The lowest BCUT2D eigenvalue weighted by Crippen LogP contribution is -2.22. The average molecular weight is 561 g/mol. The van der Waals surface area contributed by atoms with Crippen LogP contribution < -0.4 is 4.74 Å². The smallest absolute Gasteiger partial charge is 0.200 e. The minimum absolute atomic E-state index is 0.0105. The van der Waals surface area contributed by atoms with E-state index in [1.165, 1.54) is 6.07 Å². The lowest BCUT2D eigenvalue weighted by molar-refractivity contribution is 0.0230. The van der Waals surface area contributed by atoms with Gasteiger partial charge in [-0.15, -0.1) is 6.58 Å². The summed E-state index contributed by atoms with van der Waals surface area (Å²) in [6.07, 6.45) is 12.5. The van der Waals surface area contributed by atoms with Crippen LogP contribution in [0, 0.1) is 29.2 Å². The number of rotatable bonds is 13. The zero-order valence-electron chi connectivity index (χ0n) is 23.8. The summed E-state index contributed by atoms with van der Waals surface area (Å²) in [7, 11) is 0. The quantitative estimate of drug-likeness (QED) is 0.138. The van der Waals surface area contributed by atoms with Crippen molar-refractivity contribution >= 4 is 0 Å². The van der Waals surface area contributed by atoms with Crippen LogP contribution in [0.15, 0.2) is 36.9 Å². The molecule has 2 aliphatic carbocycles. The Labute approximate surface area is 237 Å². The maximum absolute atomic E-state index is 15.3. The third-order valence-corrected chi connectivity index (χ3v) is 8.92. The van der Waals surface area contributed by atoms with Gasteiger partial charge in [0.25, 0.3) is 0 Å². The van der Waals surface area contributed by atoms with Gasteiger partial charge in [0, 0.05) is 6.61 Å². The first-order chi connectivity index (χ1) is 19.4. The second-order valence-electron chi connectivity index (χ2n) is 11.6. The van der Waals surface area contributed by atoms with Crippen molar-refractivity contribution in [3.63, 3.8) is 0 Å². The van der Waals surface area contributed by atoms with Crippen LogP contribution in [0.2, 0.25) is 0 Å². The molecule has 0 heterocycles. The first-order valence-electron chi connectivity index (χ1n) is 15.2. The van der Waals surface area contributed by atoms with Gasteiger partial charge in [0.2, 0.25) is 5.82 Å². The zero-order valence-corrected chi connectivity index (χ0v) is 23.8. The predicted octanol–water partition coefficient (Wildman–Crippen LogP) is 9.95. The van der Waals surface area contributed by atoms with E-state index in [2.05, 4.69) is 13.5 Å². The minimum Gasteiger partial charge on any atom is -0.490 e. The lowest BCUT2D eigenvalue weighted by atomic mass is 9.76. The maximum Gasteiger partial charge on any atom is 0.200 e. The minimum atomic E-state index is -0.945. The van der Waals surface area contributed by atoms with Gasteiger partial charge < -0.3 is 9.47 Å². The first-order valence-corrected chi connectivity index (χ1v) is 15.2. The molecule has 2 aromatic rings. The Morgan fingerprint density at radius 2 is 1.40 bits per heavy atom. The van der Waals surface area contributed by atoms with Crippen LogP contribution in [0.3, 0.4) is 0 Å². The van der Waals surface area contributed by atoms with E-state index in [0.29, 0.717) is 35.4 Å². The van der Waals surface area contributed by atoms with Crippen molar-refractivity contribution < 1.29 is 27.0 Å². The molecule has 6 heteroatoms. The summed E-state index contributed by atoms with van der Waals surface area (Å²) >= 11 is 0. The van der Waals surface area contributed by atoms with Crippen LogP contribution in [0.25, 0.3) is 0 Å². The van der Waals surface area contributed by atoms with Gasteiger partial charge in [0.1, 0.15) is 0 Å². The molecule has 2 aliphatic rings. The van der Waals surface area contributed by atoms with Gasteiger partial charge in [-0.1, -0.05) is 37.6 Å². The topological polar surface area (TPSA) is 18.5 Å². The average Bonchev–Trinajstić information content (AvgIpc) is 2.97. The normalized spacial score (nSPS) is 23.2. The SMILES string of the molecule is C=CCCOc1ccc(CCC2CCC(c3ccc(C4CCC(OCCCC)CC4)c(F)c3F)CC2)c(F)c1F. The van der Waals surface area contributed by atoms with E-state index in [9.17, 15) is 8.78 Å². The molecule has 0 unspecified atom stereocenters. The van der Waals surface area contributed by atoms with Gasteiger partial charge in [0.15, 0.2) is 23.2 Å². The molecular weight excluding hydrogens is 516 g/mol. The number of halogens is 4. The van der Waals surface area contributed by atoms with Crippen molar-refractivity contribution in [3.05, 3.63) is 76.9 Å². The van der Waals surface area contributed by atoms with Crippen LogP contribution in [-0.4, -0.2) is 19.3 Å². The Hall–Kier alpha value is -2.34. The van der Waals surface area contributed by atoms with Crippen molar-refractivity contribution in [1.29, 1.82) is 0 Å². The lowest BCUT2D eigenvalue weighted by Gasteiger charge is -2.31. The molecule has 4 rings (SSSR count). The number of hydrogen-bond acceptors (Lipinski definition) is 2. The van der Waals surface area contributed by atoms with E-state index in [-0.39, 0.29) is 30.3 Å². The molecular formula is C34H44F4O2. The monoisotopic (exact) mass is 560 g/mol. The summed E-state index contributed by atoms with van der Waals surface area (Å²) in [4.78, 5) is 0. The molecule has 220 valence electrons. The molecule has 0 radical (unpaired) electrons. The highest BCUT2D eigenvalue weighted by atomic mass is 19.2. The van der Waals surface area contributed by atoms with Crippen molar-refractivity contribution in [2.24, 2.45) is 5.92 Å². The van der Waals surface area contributed by atoms with Gasteiger partial charge in [0.05, 0.1) is 12.7 Å². The highest BCUT2D eigenvalue weighted by Crippen LogP contribution is 2.42. The summed E-state index contributed by atoms with van der Waals surface area (Å²) in [6.45, 7) is 6.76. The summed E-state index contributed by atoms with van der Waals surface area (Å²) in [5.41, 5.74) is 1.34. The molecule has 0 amide bonds. The summed E-state index contributed by atoms with van der Waals surface area (Å²) in [5.74, 6) is -2.84. The number of unbranched alkanes of at least 4 members (excludes halogenated alkanes) is 1. The molecule has 40 heavy (non-hydrogen) atoms. The molecule has 2 saturated carbocycles. The van der Waals surface area contributed by atoms with E-state index >= 15 is 8.78 Å². The largest absolute Gasteiger partial charge is 0.490 e. The molecule has 2 aromatic carbocycles. The standard InChI is InChI=1S/C34H44F4O2/c1-3-5-21-39-27-16-13-25(14-17-27)29-19-18-28(32(36)33(29)37)24-10-7-23(8-11-24)9-12-26-15-20-30(34(38)31(26)35)40-22-6-4-2/h4,15,18-20,23-25,27H,2-3,5-14,16-17,21-22H2,1H3. The second kappa shape index (κ2) is 15.0. The van der Waals surface area contributed by atoms with Crippen molar-refractivity contribution in [2.45, 2.75) is 108 Å². The fourth-order valence-electron chi connectivity index (χ4n) is 6.40. The molecule has 2 fully saturated rings. The van der Waals surface area contributed by atoms with Crippen LogP contribution >= 0.6 is 0 Å². The van der Waals surface area contributed by atoms with E-state index in [0.717, 1.165) is 77.2 Å². The first kappa shape index (κ1) is 30.6. The van der Waals surface area contributed by atoms with Crippen LogP contribution in [0.4, 0.5) is 17.6 Å². The van der Waals surface area contributed by atoms with Gasteiger partial charge in [-0.2, -0.15) is 4.39 Å². The fraction of sp³-hybridized carbons (Fsp3) is 0.588. The second-order valence-corrected chi connectivity index (χ2v) is 11.6. The van der Waals surface area contributed by atoms with E-state index in [1.807, 2.05) is 6.07 Å². The van der Waals surface area contributed by atoms with Crippen LogP contribution in [-0.2, 0) is 11.2 Å². The van der Waals surface area contributed by atoms with Crippen molar-refractivity contribution in [1.82, 2.24) is 0 Å². The molecule has 0 N–H and O–H groups in total. The Morgan fingerprint density at radius 3 is 2.00 bits per heavy atom. The van der Waals surface area contributed by atoms with Crippen molar-refractivity contribution in [3.8, 4) is 5.75 Å². The number of hydrogen-bond donors (Lipinski definition) is 0. The fourth-order valence-corrected chi connectivity index (χ4v) is 6.40. The van der Waals surface area contributed by atoms with Gasteiger partial charge >= 0.3 is 0 Å². The summed E-state index contributed by atoms with van der Waals surface area (Å²) in [5, 5.41) is 0. The van der Waals surface area contributed by atoms with Gasteiger partial charge in [-0.3, -0.25) is 0 Å².